The highest BCUT2D eigenvalue weighted by molar-refractivity contribution is 5.76. The first-order valence-corrected chi connectivity index (χ1v) is 7.62. The van der Waals surface area contributed by atoms with Crippen molar-refractivity contribution >= 4 is 5.91 Å². The van der Waals surface area contributed by atoms with Crippen LogP contribution in [0.2, 0.25) is 0 Å². The lowest BCUT2D eigenvalue weighted by Crippen LogP contribution is -2.44. The third-order valence-corrected chi connectivity index (χ3v) is 3.76. The van der Waals surface area contributed by atoms with Crippen LogP contribution in [-0.4, -0.2) is 41.6 Å². The molecule has 0 radical (unpaired) electrons. The molecule has 3 rings (SSSR count). The topological polar surface area (TPSA) is 55.6 Å². The van der Waals surface area contributed by atoms with Gasteiger partial charge in [0.05, 0.1) is 18.9 Å². The number of hydrogen-bond acceptors (Lipinski definition) is 4. The molecule has 0 spiro atoms. The predicted molar refractivity (Wildman–Crippen MR) is 82.3 cm³/mol. The predicted octanol–water partition coefficient (Wildman–Crippen LogP) is 2.52. The highest BCUT2D eigenvalue weighted by Crippen LogP contribution is 2.20. The molecule has 1 amide bonds. The normalized spacial score (nSPS) is 18.4. The fraction of sp³-hybridized carbons (Fsp3) is 0.412. The molecule has 0 N–H and O–H groups in total. The Bertz CT molecular complexity index is 624. The van der Waals surface area contributed by atoms with Crippen molar-refractivity contribution in [1.82, 2.24) is 9.88 Å². The zero-order chi connectivity index (χ0) is 15.4. The average molecular weight is 300 g/mol. The summed E-state index contributed by atoms with van der Waals surface area (Å²) in [6.45, 7) is 3.94. The van der Waals surface area contributed by atoms with Crippen molar-refractivity contribution in [2.45, 2.75) is 25.9 Å². The van der Waals surface area contributed by atoms with Crippen molar-refractivity contribution in [1.29, 1.82) is 0 Å². The molecule has 2 heterocycles. The highest BCUT2D eigenvalue weighted by atomic mass is 16.5. The Hall–Kier alpha value is -2.14. The van der Waals surface area contributed by atoms with Gasteiger partial charge in [0.2, 0.25) is 5.91 Å². The van der Waals surface area contributed by atoms with Gasteiger partial charge in [0, 0.05) is 31.5 Å². The van der Waals surface area contributed by atoms with Crippen LogP contribution in [-0.2, 0) is 16.0 Å². The lowest BCUT2D eigenvalue weighted by Gasteiger charge is -2.31. The number of hydrogen-bond donors (Lipinski definition) is 0. The van der Waals surface area contributed by atoms with E-state index in [9.17, 15) is 4.79 Å². The van der Waals surface area contributed by atoms with Crippen molar-refractivity contribution in [3.63, 3.8) is 0 Å². The molecule has 5 nitrogen and oxygen atoms in total. The summed E-state index contributed by atoms with van der Waals surface area (Å²) in [5.41, 5.74) is 0.995. The summed E-state index contributed by atoms with van der Waals surface area (Å²) < 4.78 is 11.2. The first-order chi connectivity index (χ1) is 10.7. The van der Waals surface area contributed by atoms with E-state index in [1.165, 1.54) is 0 Å². The van der Waals surface area contributed by atoms with Crippen molar-refractivity contribution in [2.75, 3.05) is 19.7 Å². The summed E-state index contributed by atoms with van der Waals surface area (Å²) in [6.07, 6.45) is 2.77. The first kappa shape index (κ1) is 14.8. The molecule has 22 heavy (non-hydrogen) atoms. The molecule has 1 aliphatic heterocycles. The molecule has 116 valence electrons. The molecular formula is C17H20N2O3. The van der Waals surface area contributed by atoms with Crippen LogP contribution < -0.4 is 0 Å². The Labute approximate surface area is 129 Å². The third-order valence-electron chi connectivity index (χ3n) is 3.76. The van der Waals surface area contributed by atoms with Gasteiger partial charge in [0.15, 0.2) is 11.7 Å². The zero-order valence-electron chi connectivity index (χ0n) is 12.7. The van der Waals surface area contributed by atoms with Crippen molar-refractivity contribution in [3.8, 4) is 11.3 Å². The number of rotatable bonds is 4. The van der Waals surface area contributed by atoms with E-state index in [0.29, 0.717) is 38.4 Å². The molecule has 1 atom stereocenters. The Morgan fingerprint density at radius 1 is 1.36 bits per heavy atom. The SMILES string of the molecule is CC1CN(C(=O)CCc2ncc(-c3ccccc3)o2)CCO1. The smallest absolute Gasteiger partial charge is 0.223 e. The Morgan fingerprint density at radius 3 is 2.95 bits per heavy atom. The van der Waals surface area contributed by atoms with E-state index in [4.69, 9.17) is 9.15 Å². The van der Waals surface area contributed by atoms with Crippen LogP contribution in [0, 0.1) is 0 Å². The second-order valence-electron chi connectivity index (χ2n) is 5.51. The van der Waals surface area contributed by atoms with Gasteiger partial charge in [-0.15, -0.1) is 0 Å². The number of oxazole rings is 1. The zero-order valence-corrected chi connectivity index (χ0v) is 12.7. The number of ether oxygens (including phenoxy) is 1. The molecule has 0 aliphatic carbocycles. The van der Waals surface area contributed by atoms with Gasteiger partial charge in [-0.3, -0.25) is 4.79 Å². The Morgan fingerprint density at radius 2 is 2.18 bits per heavy atom. The maximum atomic E-state index is 12.2. The molecule has 0 bridgehead atoms. The summed E-state index contributed by atoms with van der Waals surface area (Å²) in [7, 11) is 0. The average Bonchev–Trinajstić information content (AvgIpc) is 3.02. The monoisotopic (exact) mass is 300 g/mol. The number of carbonyl (C=O) groups is 1. The Kier molecular flexibility index (Phi) is 4.53. The summed E-state index contributed by atoms with van der Waals surface area (Å²) >= 11 is 0. The fourth-order valence-corrected chi connectivity index (χ4v) is 2.58. The fourth-order valence-electron chi connectivity index (χ4n) is 2.58. The largest absolute Gasteiger partial charge is 0.441 e. The van der Waals surface area contributed by atoms with Gasteiger partial charge >= 0.3 is 0 Å². The number of carbonyl (C=O) groups excluding carboxylic acids is 1. The van der Waals surface area contributed by atoms with E-state index in [-0.39, 0.29) is 12.0 Å². The minimum absolute atomic E-state index is 0.115. The maximum Gasteiger partial charge on any atom is 0.223 e. The minimum Gasteiger partial charge on any atom is -0.441 e. The van der Waals surface area contributed by atoms with Gasteiger partial charge in [-0.05, 0) is 6.92 Å². The van der Waals surface area contributed by atoms with E-state index in [0.717, 1.165) is 11.3 Å². The standard InChI is InChI=1S/C17H20N2O3/c1-13-12-19(9-10-21-13)17(20)8-7-16-18-11-15(22-16)14-5-3-2-4-6-14/h2-6,11,13H,7-10,12H2,1H3. The van der Waals surface area contributed by atoms with Crippen LogP contribution in [0.25, 0.3) is 11.3 Å². The molecule has 1 aliphatic rings. The lowest BCUT2D eigenvalue weighted by atomic mass is 10.2. The molecule has 0 saturated carbocycles. The van der Waals surface area contributed by atoms with Crippen LogP contribution in [0.5, 0.6) is 0 Å². The molecular weight excluding hydrogens is 280 g/mol. The molecule has 1 fully saturated rings. The van der Waals surface area contributed by atoms with E-state index in [1.54, 1.807) is 6.20 Å². The van der Waals surface area contributed by atoms with Gasteiger partial charge < -0.3 is 14.1 Å². The summed E-state index contributed by atoms with van der Waals surface area (Å²) in [5, 5.41) is 0. The number of aryl methyl sites for hydroxylation is 1. The molecule has 1 aromatic carbocycles. The lowest BCUT2D eigenvalue weighted by molar-refractivity contribution is -0.138. The Balaban J connectivity index is 1.56. The quantitative estimate of drug-likeness (QED) is 0.870. The van der Waals surface area contributed by atoms with Gasteiger partial charge in [0.25, 0.3) is 0 Å². The summed E-state index contributed by atoms with van der Waals surface area (Å²) in [4.78, 5) is 18.3. The van der Waals surface area contributed by atoms with Crippen LogP contribution in [0.4, 0.5) is 0 Å². The van der Waals surface area contributed by atoms with Crippen LogP contribution >= 0.6 is 0 Å². The first-order valence-electron chi connectivity index (χ1n) is 7.62. The molecule has 2 aromatic rings. The number of aromatic nitrogens is 1. The number of amides is 1. The van der Waals surface area contributed by atoms with Crippen LogP contribution in [0.15, 0.2) is 40.9 Å². The number of benzene rings is 1. The molecule has 1 unspecified atom stereocenters. The van der Waals surface area contributed by atoms with Crippen molar-refractivity contribution < 1.29 is 13.9 Å². The van der Waals surface area contributed by atoms with Crippen LogP contribution in [0.1, 0.15) is 19.2 Å². The maximum absolute atomic E-state index is 12.2. The van der Waals surface area contributed by atoms with Crippen molar-refractivity contribution in [3.05, 3.63) is 42.4 Å². The highest BCUT2D eigenvalue weighted by Gasteiger charge is 2.21. The molecule has 1 aromatic heterocycles. The van der Waals surface area contributed by atoms with Gasteiger partial charge in [0.1, 0.15) is 0 Å². The van der Waals surface area contributed by atoms with E-state index in [2.05, 4.69) is 4.98 Å². The van der Waals surface area contributed by atoms with Gasteiger partial charge in [-0.2, -0.15) is 0 Å². The van der Waals surface area contributed by atoms with E-state index >= 15 is 0 Å². The van der Waals surface area contributed by atoms with E-state index in [1.807, 2.05) is 42.2 Å². The second-order valence-corrected chi connectivity index (χ2v) is 5.51. The number of morpholine rings is 1. The molecule has 1 saturated heterocycles. The summed E-state index contributed by atoms with van der Waals surface area (Å²) in [5.74, 6) is 1.48. The summed E-state index contributed by atoms with van der Waals surface area (Å²) in [6, 6.07) is 9.83. The second kappa shape index (κ2) is 6.75. The van der Waals surface area contributed by atoms with Crippen LogP contribution in [0.3, 0.4) is 0 Å². The van der Waals surface area contributed by atoms with Gasteiger partial charge in [-0.25, -0.2) is 4.98 Å². The van der Waals surface area contributed by atoms with Gasteiger partial charge in [-0.1, -0.05) is 30.3 Å². The number of nitrogens with zero attached hydrogens (tertiary/aromatic N) is 2. The van der Waals surface area contributed by atoms with Crippen molar-refractivity contribution in [2.24, 2.45) is 0 Å². The van der Waals surface area contributed by atoms with E-state index < -0.39 is 0 Å². The minimum atomic E-state index is 0.115. The third kappa shape index (κ3) is 3.54. The molecule has 5 heteroatoms.